The number of benzene rings is 2. The van der Waals surface area contributed by atoms with Gasteiger partial charge in [0, 0.05) is 29.9 Å². The smallest absolute Gasteiger partial charge is 0.229 e. The molecule has 1 heterocycles. The summed E-state index contributed by atoms with van der Waals surface area (Å²) >= 11 is 0. The Labute approximate surface area is 162 Å². The highest BCUT2D eigenvalue weighted by Crippen LogP contribution is 2.56. The molecule has 4 rings (SSSR count). The molecule has 2 aromatic rings. The van der Waals surface area contributed by atoms with Gasteiger partial charge in [0.15, 0.2) is 0 Å². The highest BCUT2D eigenvalue weighted by atomic mass is 31.2. The minimum absolute atomic E-state index is 0.173. The first-order chi connectivity index (χ1) is 13.0. The van der Waals surface area contributed by atoms with E-state index in [1.165, 1.54) is 12.8 Å². The molecule has 142 valence electrons. The summed E-state index contributed by atoms with van der Waals surface area (Å²) < 4.78 is 14.5. The van der Waals surface area contributed by atoms with Crippen molar-refractivity contribution in [3.8, 4) is 0 Å². The molecule has 2 aromatic carbocycles. The van der Waals surface area contributed by atoms with Crippen LogP contribution in [-0.2, 0) is 9.36 Å². The van der Waals surface area contributed by atoms with Crippen LogP contribution in [-0.4, -0.2) is 30.1 Å². The minimum Gasteiger partial charge on any atom is -0.342 e. The first kappa shape index (κ1) is 18.5. The first-order valence-corrected chi connectivity index (χ1v) is 11.8. The zero-order valence-corrected chi connectivity index (χ0v) is 17.1. The van der Waals surface area contributed by atoms with Gasteiger partial charge in [-0.1, -0.05) is 73.5 Å². The monoisotopic (exact) mass is 381 g/mol. The van der Waals surface area contributed by atoms with E-state index in [4.69, 9.17) is 0 Å². The molecule has 3 atom stereocenters. The van der Waals surface area contributed by atoms with Gasteiger partial charge in [0.05, 0.1) is 5.41 Å². The van der Waals surface area contributed by atoms with Gasteiger partial charge in [0.2, 0.25) is 5.91 Å². The maximum Gasteiger partial charge on any atom is 0.229 e. The highest BCUT2D eigenvalue weighted by molar-refractivity contribution is 7.78. The van der Waals surface area contributed by atoms with Gasteiger partial charge in [-0.25, -0.2) is 0 Å². The summed E-state index contributed by atoms with van der Waals surface area (Å²) in [5.41, 5.74) is -0.568. The zero-order chi connectivity index (χ0) is 19.1. The SMILES string of the molecule is CN1C(=O)C(C)(CP(=O)(c2ccccc2)c2ccccc2)C2CCCCC21. The van der Waals surface area contributed by atoms with Crippen molar-refractivity contribution in [3.63, 3.8) is 0 Å². The Kier molecular flexibility index (Phi) is 4.76. The number of rotatable bonds is 4. The number of carbonyl (C=O) groups excluding carboxylic acids is 1. The van der Waals surface area contributed by atoms with Gasteiger partial charge in [0.25, 0.3) is 0 Å². The largest absolute Gasteiger partial charge is 0.342 e. The highest BCUT2D eigenvalue weighted by Gasteiger charge is 2.57. The molecule has 1 aliphatic carbocycles. The summed E-state index contributed by atoms with van der Waals surface area (Å²) in [7, 11) is -0.976. The zero-order valence-electron chi connectivity index (χ0n) is 16.2. The molecule has 0 bridgehead atoms. The normalized spacial score (nSPS) is 28.2. The number of carbonyl (C=O) groups is 1. The number of nitrogens with zero attached hydrogens (tertiary/aromatic N) is 1. The third-order valence-corrected chi connectivity index (χ3v) is 10.1. The lowest BCUT2D eigenvalue weighted by Crippen LogP contribution is -2.39. The van der Waals surface area contributed by atoms with E-state index in [1.54, 1.807) is 0 Å². The van der Waals surface area contributed by atoms with Crippen LogP contribution in [0, 0.1) is 11.3 Å². The number of likely N-dealkylation sites (tertiary alicyclic amines) is 1. The second kappa shape index (κ2) is 6.95. The maximum atomic E-state index is 14.5. The Bertz CT molecular complexity index is 823. The van der Waals surface area contributed by atoms with Crippen LogP contribution >= 0.6 is 7.14 Å². The number of hydrogen-bond donors (Lipinski definition) is 0. The molecule has 3 nitrogen and oxygen atoms in total. The predicted molar refractivity (Wildman–Crippen MR) is 111 cm³/mol. The van der Waals surface area contributed by atoms with E-state index in [0.717, 1.165) is 23.5 Å². The van der Waals surface area contributed by atoms with Crippen molar-refractivity contribution in [3.05, 3.63) is 60.7 Å². The van der Waals surface area contributed by atoms with Gasteiger partial charge in [-0.3, -0.25) is 4.79 Å². The second-order valence-corrected chi connectivity index (χ2v) is 11.2. The summed E-state index contributed by atoms with van der Waals surface area (Å²) in [6.45, 7) is 2.07. The van der Waals surface area contributed by atoms with Gasteiger partial charge in [-0.15, -0.1) is 0 Å². The Hall–Kier alpha value is -1.86. The van der Waals surface area contributed by atoms with Crippen LogP contribution in [0.25, 0.3) is 0 Å². The van der Waals surface area contributed by atoms with E-state index in [-0.39, 0.29) is 5.91 Å². The molecule has 3 unspecified atom stereocenters. The van der Waals surface area contributed by atoms with Crippen molar-refractivity contribution < 1.29 is 9.36 Å². The van der Waals surface area contributed by atoms with Crippen LogP contribution in [0.1, 0.15) is 32.6 Å². The van der Waals surface area contributed by atoms with Crippen LogP contribution in [0.15, 0.2) is 60.7 Å². The van der Waals surface area contributed by atoms with Crippen molar-refractivity contribution in [1.29, 1.82) is 0 Å². The fraction of sp³-hybridized carbons (Fsp3) is 0.435. The van der Waals surface area contributed by atoms with Crippen LogP contribution in [0.2, 0.25) is 0 Å². The molecule has 27 heavy (non-hydrogen) atoms. The Balaban J connectivity index is 1.81. The van der Waals surface area contributed by atoms with Gasteiger partial charge < -0.3 is 9.46 Å². The molecule has 2 fully saturated rings. The average Bonchev–Trinajstić information content (AvgIpc) is 2.91. The summed E-state index contributed by atoms with van der Waals surface area (Å²) in [6, 6.07) is 19.8. The molecule has 1 saturated carbocycles. The minimum atomic E-state index is -2.91. The molecule has 0 radical (unpaired) electrons. The van der Waals surface area contributed by atoms with E-state index >= 15 is 0 Å². The lowest BCUT2D eigenvalue weighted by Gasteiger charge is -2.36. The van der Waals surface area contributed by atoms with Crippen molar-refractivity contribution >= 4 is 23.7 Å². The first-order valence-electron chi connectivity index (χ1n) is 9.94. The molecule has 1 aliphatic heterocycles. The lowest BCUT2D eigenvalue weighted by atomic mass is 9.71. The summed E-state index contributed by atoms with van der Waals surface area (Å²) in [6.07, 6.45) is 4.89. The molecule has 4 heteroatoms. The number of hydrogen-bond acceptors (Lipinski definition) is 2. The lowest BCUT2D eigenvalue weighted by molar-refractivity contribution is -0.134. The van der Waals surface area contributed by atoms with Gasteiger partial charge in [-0.05, 0) is 25.7 Å². The molecular formula is C23H28NO2P. The van der Waals surface area contributed by atoms with Crippen LogP contribution < -0.4 is 10.6 Å². The number of fused-ring (bicyclic) bond motifs is 1. The topological polar surface area (TPSA) is 37.4 Å². The van der Waals surface area contributed by atoms with Crippen molar-refractivity contribution in [2.24, 2.45) is 11.3 Å². The summed E-state index contributed by atoms with van der Waals surface area (Å²) in [4.78, 5) is 15.3. The molecule has 0 N–H and O–H groups in total. The Morgan fingerprint density at radius 3 is 2.04 bits per heavy atom. The van der Waals surface area contributed by atoms with Crippen LogP contribution in [0.4, 0.5) is 0 Å². The van der Waals surface area contributed by atoms with Crippen molar-refractivity contribution in [2.45, 2.75) is 38.6 Å². The van der Waals surface area contributed by atoms with Crippen LogP contribution in [0.5, 0.6) is 0 Å². The molecule has 1 saturated heterocycles. The standard InChI is InChI=1S/C23H28NO2P/c1-23(20-15-9-10-16-21(20)24(2)22(23)25)17-27(26,18-11-5-3-6-12-18)19-13-7-4-8-14-19/h3-8,11-14,20-21H,9-10,15-17H2,1-2H3. The molecule has 0 spiro atoms. The molecule has 1 amide bonds. The third kappa shape index (κ3) is 2.97. The van der Waals surface area contributed by atoms with E-state index in [2.05, 4.69) is 6.92 Å². The quantitative estimate of drug-likeness (QED) is 0.750. The second-order valence-electron chi connectivity index (χ2n) is 8.36. The molecule has 2 aliphatic rings. The fourth-order valence-corrected chi connectivity index (χ4v) is 8.61. The summed E-state index contributed by atoms with van der Waals surface area (Å²) in [5, 5.41) is 1.71. The Morgan fingerprint density at radius 2 is 1.48 bits per heavy atom. The van der Waals surface area contributed by atoms with Gasteiger partial charge in [0.1, 0.15) is 7.14 Å². The van der Waals surface area contributed by atoms with Gasteiger partial charge in [-0.2, -0.15) is 0 Å². The average molecular weight is 381 g/mol. The van der Waals surface area contributed by atoms with E-state index in [1.807, 2.05) is 72.6 Å². The molecular weight excluding hydrogens is 353 g/mol. The van der Waals surface area contributed by atoms with Gasteiger partial charge >= 0.3 is 0 Å². The third-order valence-electron chi connectivity index (χ3n) is 6.75. The van der Waals surface area contributed by atoms with E-state index in [0.29, 0.717) is 18.1 Å². The maximum absolute atomic E-state index is 14.5. The predicted octanol–water partition coefficient (Wildman–Crippen LogP) is 4.04. The van der Waals surface area contributed by atoms with E-state index < -0.39 is 12.6 Å². The number of amides is 1. The Morgan fingerprint density at radius 1 is 0.963 bits per heavy atom. The summed E-state index contributed by atoms with van der Waals surface area (Å²) in [5.74, 6) is 0.469. The molecule has 0 aromatic heterocycles. The fourth-order valence-electron chi connectivity index (χ4n) is 5.35. The van der Waals surface area contributed by atoms with Crippen molar-refractivity contribution in [2.75, 3.05) is 13.2 Å². The van der Waals surface area contributed by atoms with E-state index in [9.17, 15) is 9.36 Å². The van der Waals surface area contributed by atoms with Crippen LogP contribution in [0.3, 0.4) is 0 Å². The van der Waals surface area contributed by atoms with Crippen molar-refractivity contribution in [1.82, 2.24) is 4.90 Å².